The van der Waals surface area contributed by atoms with Crippen LogP contribution in [0.15, 0.2) is 90.3 Å². The van der Waals surface area contributed by atoms with Crippen LogP contribution in [0.3, 0.4) is 0 Å². The van der Waals surface area contributed by atoms with Crippen LogP contribution in [0, 0.1) is 0 Å². The van der Waals surface area contributed by atoms with Gasteiger partial charge >= 0.3 is 0 Å². The van der Waals surface area contributed by atoms with Crippen molar-refractivity contribution in [3.63, 3.8) is 0 Å². The highest BCUT2D eigenvalue weighted by molar-refractivity contribution is 8.00. The second-order valence-corrected chi connectivity index (χ2v) is 8.84. The molecule has 1 atom stereocenters. The lowest BCUT2D eigenvalue weighted by Crippen LogP contribution is -2.35. The van der Waals surface area contributed by atoms with Gasteiger partial charge < -0.3 is 9.47 Å². The molecule has 4 aromatic rings. The molecule has 0 bridgehead atoms. The van der Waals surface area contributed by atoms with Gasteiger partial charge in [0.05, 0.1) is 5.25 Å². The molecule has 162 valence electrons. The number of amides is 1. The van der Waals surface area contributed by atoms with Crippen LogP contribution in [0.4, 0.5) is 0 Å². The van der Waals surface area contributed by atoms with Gasteiger partial charge in [0.2, 0.25) is 5.91 Å². The Labute approximate surface area is 192 Å². The third-order valence-corrected chi connectivity index (χ3v) is 6.25. The maximum absolute atomic E-state index is 13.5. The summed E-state index contributed by atoms with van der Waals surface area (Å²) in [5, 5.41) is 9.01. The van der Waals surface area contributed by atoms with Crippen molar-refractivity contribution in [1.82, 2.24) is 24.6 Å². The SMILES string of the molecule is CC(Sc1nnc(-c2cccnc2)n1C)C(=O)N(Cc1ccccc1)Cc1ccccc1. The van der Waals surface area contributed by atoms with Crippen LogP contribution in [0.1, 0.15) is 18.1 Å². The Morgan fingerprint density at radius 3 is 2.12 bits per heavy atom. The summed E-state index contributed by atoms with van der Waals surface area (Å²) in [6.07, 6.45) is 3.48. The van der Waals surface area contributed by atoms with Crippen LogP contribution in [0.5, 0.6) is 0 Å². The Hall–Kier alpha value is -3.45. The van der Waals surface area contributed by atoms with Gasteiger partial charge in [-0.05, 0) is 30.2 Å². The second-order valence-electron chi connectivity index (χ2n) is 7.53. The van der Waals surface area contributed by atoms with Crippen molar-refractivity contribution in [1.29, 1.82) is 0 Å². The van der Waals surface area contributed by atoms with E-state index in [1.807, 2.05) is 96.2 Å². The first-order valence-electron chi connectivity index (χ1n) is 10.4. The second kappa shape index (κ2) is 10.2. The highest BCUT2D eigenvalue weighted by atomic mass is 32.2. The van der Waals surface area contributed by atoms with Crippen LogP contribution in [0.25, 0.3) is 11.4 Å². The third kappa shape index (κ3) is 5.23. The van der Waals surface area contributed by atoms with Crippen LogP contribution < -0.4 is 0 Å². The Morgan fingerprint density at radius 2 is 1.56 bits per heavy atom. The van der Waals surface area contributed by atoms with E-state index in [9.17, 15) is 4.79 Å². The number of carbonyl (C=O) groups excluding carboxylic acids is 1. The molecule has 2 aromatic carbocycles. The van der Waals surface area contributed by atoms with Gasteiger partial charge in [-0.3, -0.25) is 9.78 Å². The van der Waals surface area contributed by atoms with E-state index >= 15 is 0 Å². The number of thioether (sulfide) groups is 1. The Bertz CT molecular complexity index is 1110. The van der Waals surface area contributed by atoms with Crippen LogP contribution in [-0.4, -0.2) is 35.8 Å². The molecule has 0 N–H and O–H groups in total. The monoisotopic (exact) mass is 443 g/mol. The lowest BCUT2D eigenvalue weighted by Gasteiger charge is -2.26. The minimum Gasteiger partial charge on any atom is -0.333 e. The number of nitrogens with zero attached hydrogens (tertiary/aromatic N) is 5. The number of rotatable bonds is 8. The zero-order chi connectivity index (χ0) is 22.3. The van der Waals surface area contributed by atoms with Crippen LogP contribution >= 0.6 is 11.8 Å². The smallest absolute Gasteiger partial charge is 0.236 e. The predicted octanol–water partition coefficient (Wildman–Crippen LogP) is 4.59. The van der Waals surface area contributed by atoms with Gasteiger partial charge in [-0.15, -0.1) is 10.2 Å². The molecule has 7 heteroatoms. The maximum Gasteiger partial charge on any atom is 0.236 e. The molecule has 32 heavy (non-hydrogen) atoms. The lowest BCUT2D eigenvalue weighted by molar-refractivity contribution is -0.131. The summed E-state index contributed by atoms with van der Waals surface area (Å²) in [7, 11) is 1.91. The minimum absolute atomic E-state index is 0.0635. The molecule has 0 aliphatic carbocycles. The fraction of sp³-hybridized carbons (Fsp3) is 0.200. The molecule has 4 rings (SSSR count). The molecule has 2 heterocycles. The lowest BCUT2D eigenvalue weighted by atomic mass is 10.1. The van der Waals surface area contributed by atoms with E-state index < -0.39 is 0 Å². The predicted molar refractivity (Wildman–Crippen MR) is 127 cm³/mol. The number of aromatic nitrogens is 4. The van der Waals surface area contributed by atoms with Crippen molar-refractivity contribution >= 4 is 17.7 Å². The summed E-state index contributed by atoms with van der Waals surface area (Å²) in [5.41, 5.74) is 3.10. The summed E-state index contributed by atoms with van der Waals surface area (Å²) in [5.74, 6) is 0.791. The molecule has 0 radical (unpaired) electrons. The van der Waals surface area contributed by atoms with Crippen molar-refractivity contribution in [2.24, 2.45) is 7.05 Å². The van der Waals surface area contributed by atoms with Gasteiger partial charge in [-0.2, -0.15) is 0 Å². The summed E-state index contributed by atoms with van der Waals surface area (Å²) in [6.45, 7) is 3.03. The molecule has 6 nitrogen and oxygen atoms in total. The van der Waals surface area contributed by atoms with Gasteiger partial charge in [0.15, 0.2) is 11.0 Å². The minimum atomic E-state index is -0.313. The standard InChI is InChI=1S/C25H25N5OS/c1-19(32-25-28-27-23(29(25)2)22-14-9-15-26-16-22)24(31)30(17-20-10-5-3-6-11-20)18-21-12-7-4-8-13-21/h3-16,19H,17-18H2,1-2H3. The average Bonchev–Trinajstić information content (AvgIpc) is 3.20. The van der Waals surface area contributed by atoms with Gasteiger partial charge in [-0.1, -0.05) is 72.4 Å². The summed E-state index contributed by atoms with van der Waals surface area (Å²) in [6, 6.07) is 24.0. The number of pyridine rings is 1. The van der Waals surface area contributed by atoms with Crippen LogP contribution in [0.2, 0.25) is 0 Å². The first kappa shape index (κ1) is 21.8. The zero-order valence-electron chi connectivity index (χ0n) is 18.1. The van der Waals surface area contributed by atoms with E-state index in [1.165, 1.54) is 11.8 Å². The van der Waals surface area contributed by atoms with E-state index in [2.05, 4.69) is 15.2 Å². The molecule has 0 spiro atoms. The van der Waals surface area contributed by atoms with Crippen molar-refractivity contribution in [3.8, 4) is 11.4 Å². The molecular formula is C25H25N5OS. The summed E-state index contributed by atoms with van der Waals surface area (Å²) >= 11 is 1.42. The molecule has 0 aliphatic heterocycles. The molecular weight excluding hydrogens is 418 g/mol. The molecule has 2 aromatic heterocycles. The first-order chi connectivity index (χ1) is 15.6. The normalized spacial score (nSPS) is 11.8. The van der Waals surface area contributed by atoms with Crippen molar-refractivity contribution < 1.29 is 4.79 Å². The van der Waals surface area contributed by atoms with Gasteiger partial charge in [0, 0.05) is 38.1 Å². The maximum atomic E-state index is 13.5. The third-order valence-electron chi connectivity index (χ3n) is 5.13. The van der Waals surface area contributed by atoms with E-state index in [4.69, 9.17) is 0 Å². The topological polar surface area (TPSA) is 63.9 Å². The summed E-state index contributed by atoms with van der Waals surface area (Å²) < 4.78 is 1.91. The quantitative estimate of drug-likeness (QED) is 0.373. The summed E-state index contributed by atoms with van der Waals surface area (Å²) in [4.78, 5) is 19.5. The van der Waals surface area contributed by atoms with E-state index in [0.717, 1.165) is 22.5 Å². The van der Waals surface area contributed by atoms with E-state index in [-0.39, 0.29) is 11.2 Å². The average molecular weight is 444 g/mol. The largest absolute Gasteiger partial charge is 0.333 e. The Morgan fingerprint density at radius 1 is 0.938 bits per heavy atom. The Kier molecular flexibility index (Phi) is 6.97. The first-order valence-corrected chi connectivity index (χ1v) is 11.3. The fourth-order valence-electron chi connectivity index (χ4n) is 3.45. The number of benzene rings is 2. The van der Waals surface area contributed by atoms with Crippen molar-refractivity contribution in [3.05, 3.63) is 96.3 Å². The molecule has 1 amide bonds. The highest BCUT2D eigenvalue weighted by Gasteiger charge is 2.24. The van der Waals surface area contributed by atoms with Gasteiger partial charge in [0.25, 0.3) is 0 Å². The molecule has 0 saturated heterocycles. The molecule has 0 aliphatic rings. The molecule has 0 fully saturated rings. The van der Waals surface area contributed by atoms with Crippen LogP contribution in [-0.2, 0) is 24.9 Å². The highest BCUT2D eigenvalue weighted by Crippen LogP contribution is 2.27. The number of carbonyl (C=O) groups is 1. The zero-order valence-corrected chi connectivity index (χ0v) is 18.9. The van der Waals surface area contributed by atoms with Crippen molar-refractivity contribution in [2.45, 2.75) is 30.4 Å². The molecule has 1 unspecified atom stereocenters. The van der Waals surface area contributed by atoms with Gasteiger partial charge in [-0.25, -0.2) is 0 Å². The van der Waals surface area contributed by atoms with Gasteiger partial charge in [0.1, 0.15) is 0 Å². The van der Waals surface area contributed by atoms with Crippen molar-refractivity contribution in [2.75, 3.05) is 0 Å². The van der Waals surface area contributed by atoms with E-state index in [0.29, 0.717) is 18.2 Å². The number of hydrogen-bond acceptors (Lipinski definition) is 5. The Balaban J connectivity index is 1.52. The van der Waals surface area contributed by atoms with E-state index in [1.54, 1.807) is 12.4 Å². The number of hydrogen-bond donors (Lipinski definition) is 0. The molecule has 0 saturated carbocycles. The fourth-order valence-corrected chi connectivity index (χ4v) is 4.35.